The molecular weight excluding hydrogens is 373 g/mol. The number of methoxy groups -OCH3 is 2. The van der Waals surface area contributed by atoms with E-state index in [0.717, 1.165) is 12.1 Å². The summed E-state index contributed by atoms with van der Waals surface area (Å²) < 4.78 is 35.6. The van der Waals surface area contributed by atoms with E-state index in [4.69, 9.17) is 18.9 Å². The van der Waals surface area contributed by atoms with Crippen molar-refractivity contribution in [2.24, 2.45) is 0 Å². The first-order valence-electron chi connectivity index (χ1n) is 8.09. The number of nitrogens with zero attached hydrogens (tertiary/aromatic N) is 3. The van der Waals surface area contributed by atoms with Crippen LogP contribution in [0.1, 0.15) is 0 Å². The summed E-state index contributed by atoms with van der Waals surface area (Å²) in [6, 6.07) is 6.34. The summed E-state index contributed by atoms with van der Waals surface area (Å²) in [5.74, 6) is -0.150. The molecule has 0 saturated heterocycles. The topological polar surface area (TPSA) is 106 Å². The highest BCUT2D eigenvalue weighted by atomic mass is 19.1. The summed E-state index contributed by atoms with van der Waals surface area (Å²) in [7, 11) is 3.04. The molecule has 0 unspecified atom stereocenters. The summed E-state index contributed by atoms with van der Waals surface area (Å²) in [4.78, 5) is 18.2. The Bertz CT molecular complexity index is 1010. The van der Waals surface area contributed by atoms with Crippen LogP contribution in [0.25, 0.3) is 10.9 Å². The summed E-state index contributed by atoms with van der Waals surface area (Å²) in [5.41, 5.74) is 0.109. The van der Waals surface area contributed by atoms with Crippen molar-refractivity contribution in [2.45, 2.75) is 0 Å². The van der Waals surface area contributed by atoms with Crippen LogP contribution in [0.15, 0.2) is 36.7 Å². The number of nitro benzene ring substituents is 1. The lowest BCUT2D eigenvalue weighted by molar-refractivity contribution is -0.385. The Morgan fingerprint density at radius 3 is 2.57 bits per heavy atom. The van der Waals surface area contributed by atoms with Crippen LogP contribution in [0.4, 0.5) is 10.1 Å². The number of aromatic nitrogens is 2. The van der Waals surface area contributed by atoms with Crippen molar-refractivity contribution >= 4 is 16.6 Å². The van der Waals surface area contributed by atoms with Gasteiger partial charge in [0.25, 0.3) is 5.69 Å². The molecule has 10 heteroatoms. The van der Waals surface area contributed by atoms with Gasteiger partial charge in [0.05, 0.1) is 35.6 Å². The largest absolute Gasteiger partial charge is 0.493 e. The van der Waals surface area contributed by atoms with E-state index in [1.807, 2.05) is 0 Å². The Kier molecular flexibility index (Phi) is 5.80. The summed E-state index contributed by atoms with van der Waals surface area (Å²) >= 11 is 0. The van der Waals surface area contributed by atoms with Crippen molar-refractivity contribution in [1.29, 1.82) is 0 Å². The number of rotatable bonds is 8. The van der Waals surface area contributed by atoms with Crippen LogP contribution in [0.2, 0.25) is 0 Å². The summed E-state index contributed by atoms with van der Waals surface area (Å²) in [6.45, 7) is 0.722. The first-order valence-corrected chi connectivity index (χ1v) is 8.09. The molecule has 28 heavy (non-hydrogen) atoms. The molecule has 0 radical (unpaired) electrons. The molecule has 0 N–H and O–H groups in total. The predicted molar refractivity (Wildman–Crippen MR) is 96.6 cm³/mol. The van der Waals surface area contributed by atoms with Gasteiger partial charge >= 0.3 is 0 Å². The normalized spacial score (nSPS) is 10.7. The lowest BCUT2D eigenvalue weighted by Gasteiger charge is -2.13. The smallest absolute Gasteiger partial charge is 0.272 e. The molecule has 1 aromatic heterocycles. The quantitative estimate of drug-likeness (QED) is 0.327. The molecule has 0 aliphatic rings. The molecule has 0 amide bonds. The van der Waals surface area contributed by atoms with Crippen LogP contribution in [-0.4, -0.2) is 42.3 Å². The van der Waals surface area contributed by atoms with Gasteiger partial charge in [0.15, 0.2) is 23.1 Å². The molecule has 0 aliphatic carbocycles. The van der Waals surface area contributed by atoms with E-state index in [2.05, 4.69) is 9.97 Å². The fourth-order valence-corrected chi connectivity index (χ4v) is 2.42. The second kappa shape index (κ2) is 8.44. The van der Waals surface area contributed by atoms with Crippen LogP contribution in [0.3, 0.4) is 0 Å². The maximum atomic E-state index is 14.1. The van der Waals surface area contributed by atoms with Crippen LogP contribution in [0, 0.1) is 15.9 Å². The highest BCUT2D eigenvalue weighted by molar-refractivity contribution is 5.87. The van der Waals surface area contributed by atoms with Gasteiger partial charge in [0, 0.05) is 19.2 Å². The number of halogens is 1. The monoisotopic (exact) mass is 389 g/mol. The van der Waals surface area contributed by atoms with Gasteiger partial charge in [-0.1, -0.05) is 0 Å². The number of nitro groups is 1. The highest BCUT2D eigenvalue weighted by Crippen LogP contribution is 2.36. The third kappa shape index (κ3) is 4.07. The number of benzene rings is 2. The molecule has 0 fully saturated rings. The van der Waals surface area contributed by atoms with Gasteiger partial charge in [0.1, 0.15) is 12.9 Å². The van der Waals surface area contributed by atoms with E-state index < -0.39 is 10.7 Å². The molecule has 0 spiro atoms. The fraction of sp³-hybridized carbons (Fsp3) is 0.222. The number of fused-ring (bicyclic) bond motifs is 1. The van der Waals surface area contributed by atoms with Crippen LogP contribution in [-0.2, 0) is 4.74 Å². The molecule has 0 atom stereocenters. The van der Waals surface area contributed by atoms with Crippen LogP contribution < -0.4 is 14.2 Å². The third-order valence-electron chi connectivity index (χ3n) is 3.76. The Labute approximate surface area is 158 Å². The summed E-state index contributed by atoms with van der Waals surface area (Å²) in [6.07, 6.45) is 1.26. The average molecular weight is 389 g/mol. The van der Waals surface area contributed by atoms with Crippen molar-refractivity contribution in [3.63, 3.8) is 0 Å². The second-order valence-electron chi connectivity index (χ2n) is 5.51. The molecule has 146 valence electrons. The van der Waals surface area contributed by atoms with E-state index in [9.17, 15) is 14.5 Å². The van der Waals surface area contributed by atoms with Crippen LogP contribution >= 0.6 is 0 Å². The zero-order chi connectivity index (χ0) is 20.1. The third-order valence-corrected chi connectivity index (χ3v) is 3.76. The number of ether oxygens (including phenoxy) is 4. The predicted octanol–water partition coefficient (Wildman–Crippen LogP) is 3.50. The zero-order valence-electron chi connectivity index (χ0n) is 15.0. The van der Waals surface area contributed by atoms with Crippen molar-refractivity contribution in [1.82, 2.24) is 9.97 Å². The first-order chi connectivity index (χ1) is 13.5. The molecule has 3 aromatic rings. The molecule has 2 aromatic carbocycles. The fourth-order valence-electron chi connectivity index (χ4n) is 2.42. The SMILES string of the molecule is COCCOc1cc2ncnc(Oc3ccc([N+](=O)[O-])cc3F)c2cc1OC. The van der Waals surface area contributed by atoms with E-state index >= 15 is 0 Å². The van der Waals surface area contributed by atoms with Gasteiger partial charge in [0.2, 0.25) is 5.88 Å². The van der Waals surface area contributed by atoms with E-state index in [-0.39, 0.29) is 17.3 Å². The minimum atomic E-state index is -0.882. The molecule has 0 aliphatic heterocycles. The number of hydrogen-bond donors (Lipinski definition) is 0. The van der Waals surface area contributed by atoms with Crippen molar-refractivity contribution in [2.75, 3.05) is 27.4 Å². The second-order valence-corrected chi connectivity index (χ2v) is 5.51. The van der Waals surface area contributed by atoms with Gasteiger partial charge in [-0.2, -0.15) is 0 Å². The Morgan fingerprint density at radius 2 is 1.89 bits per heavy atom. The Balaban J connectivity index is 1.97. The maximum absolute atomic E-state index is 14.1. The average Bonchev–Trinajstić information content (AvgIpc) is 2.69. The number of non-ortho nitro benzene ring substituents is 1. The lowest BCUT2D eigenvalue weighted by Crippen LogP contribution is -2.05. The maximum Gasteiger partial charge on any atom is 0.272 e. The van der Waals surface area contributed by atoms with Gasteiger partial charge in [-0.15, -0.1) is 0 Å². The lowest BCUT2D eigenvalue weighted by atomic mass is 10.2. The van der Waals surface area contributed by atoms with Gasteiger partial charge in [-0.25, -0.2) is 14.4 Å². The summed E-state index contributed by atoms with van der Waals surface area (Å²) in [5, 5.41) is 11.2. The van der Waals surface area contributed by atoms with Crippen molar-refractivity contribution < 1.29 is 28.3 Å². The molecule has 9 nitrogen and oxygen atoms in total. The molecule has 0 bridgehead atoms. The molecule has 0 saturated carbocycles. The van der Waals surface area contributed by atoms with E-state index in [0.29, 0.717) is 35.6 Å². The minimum absolute atomic E-state index is 0.0690. The minimum Gasteiger partial charge on any atom is -0.493 e. The Hall–Kier alpha value is -3.53. The van der Waals surface area contributed by atoms with Crippen LogP contribution in [0.5, 0.6) is 23.1 Å². The molecular formula is C18H16FN3O6. The van der Waals surface area contributed by atoms with Gasteiger partial charge in [-0.05, 0) is 12.1 Å². The Morgan fingerprint density at radius 1 is 1.07 bits per heavy atom. The van der Waals surface area contributed by atoms with Gasteiger partial charge in [-0.3, -0.25) is 10.1 Å². The number of hydrogen-bond acceptors (Lipinski definition) is 8. The van der Waals surface area contributed by atoms with E-state index in [1.54, 1.807) is 19.2 Å². The highest BCUT2D eigenvalue weighted by Gasteiger charge is 2.16. The first kappa shape index (κ1) is 19.2. The van der Waals surface area contributed by atoms with E-state index in [1.165, 1.54) is 19.5 Å². The molecule has 1 heterocycles. The molecule has 3 rings (SSSR count). The zero-order valence-corrected chi connectivity index (χ0v) is 15.0. The van der Waals surface area contributed by atoms with Crippen molar-refractivity contribution in [3.8, 4) is 23.1 Å². The van der Waals surface area contributed by atoms with Gasteiger partial charge < -0.3 is 18.9 Å². The van der Waals surface area contributed by atoms with Crippen molar-refractivity contribution in [3.05, 3.63) is 52.6 Å². The standard InChI is InChI=1S/C18H16FN3O6/c1-25-5-6-27-17-9-14-12(8-16(17)26-2)18(21-10-20-14)28-15-4-3-11(22(23)24)7-13(15)19/h3-4,7-10H,5-6H2,1-2H3.